The highest BCUT2D eigenvalue weighted by molar-refractivity contribution is 5.92. The number of hydrogen-bond donors (Lipinski definition) is 1. The summed E-state index contributed by atoms with van der Waals surface area (Å²) >= 11 is 0. The summed E-state index contributed by atoms with van der Waals surface area (Å²) in [4.78, 5) is 22.2. The first kappa shape index (κ1) is 13.0. The van der Waals surface area contributed by atoms with E-state index in [9.17, 15) is 9.90 Å². The Labute approximate surface area is 107 Å². The maximum Gasteiger partial charge on any atom is 0.274 e. The molecule has 1 aromatic heterocycles. The molecule has 1 N–H and O–H groups in total. The molecule has 2 rings (SSSR count). The van der Waals surface area contributed by atoms with Crippen molar-refractivity contribution in [3.8, 4) is 0 Å². The third-order valence-corrected chi connectivity index (χ3v) is 3.35. The highest BCUT2D eigenvalue weighted by Gasteiger charge is 2.27. The van der Waals surface area contributed by atoms with Crippen LogP contribution in [0.15, 0.2) is 12.4 Å². The molecule has 1 aliphatic heterocycles. The van der Waals surface area contributed by atoms with Crippen LogP contribution in [0.4, 0.5) is 0 Å². The van der Waals surface area contributed by atoms with E-state index >= 15 is 0 Å². The summed E-state index contributed by atoms with van der Waals surface area (Å²) in [7, 11) is 0. The summed E-state index contributed by atoms with van der Waals surface area (Å²) in [6.45, 7) is 4.91. The van der Waals surface area contributed by atoms with Gasteiger partial charge in [0.1, 0.15) is 5.69 Å². The minimum atomic E-state index is -0.659. The predicted octanol–water partition coefficient (Wildman–Crippen LogP) is 1.16. The van der Waals surface area contributed by atoms with E-state index in [1.807, 2.05) is 13.8 Å². The summed E-state index contributed by atoms with van der Waals surface area (Å²) in [5.74, 6) is -0.0970. The lowest BCUT2D eigenvalue weighted by molar-refractivity contribution is 0.0437. The highest BCUT2D eigenvalue weighted by Crippen LogP contribution is 2.22. The van der Waals surface area contributed by atoms with Gasteiger partial charge in [0.25, 0.3) is 5.91 Å². The first-order chi connectivity index (χ1) is 8.48. The molecule has 5 nitrogen and oxygen atoms in total. The fraction of sp³-hybridized carbons (Fsp3) is 0.615. The monoisotopic (exact) mass is 249 g/mol. The van der Waals surface area contributed by atoms with Crippen LogP contribution in [0, 0.1) is 6.92 Å². The second-order valence-electron chi connectivity index (χ2n) is 5.19. The van der Waals surface area contributed by atoms with E-state index in [0.717, 1.165) is 18.5 Å². The zero-order valence-corrected chi connectivity index (χ0v) is 10.9. The smallest absolute Gasteiger partial charge is 0.274 e. The van der Waals surface area contributed by atoms with Crippen LogP contribution in [-0.2, 0) is 0 Å². The number of likely N-dealkylation sites (tertiary alicyclic amines) is 1. The molecular formula is C13H19N3O2. The number of aryl methyl sites for hydroxylation is 1. The molecule has 5 heteroatoms. The predicted molar refractivity (Wildman–Crippen MR) is 67.1 cm³/mol. The van der Waals surface area contributed by atoms with Crippen LogP contribution in [-0.4, -0.2) is 44.6 Å². The quantitative estimate of drug-likeness (QED) is 0.811. The Morgan fingerprint density at radius 2 is 2.11 bits per heavy atom. The summed E-state index contributed by atoms with van der Waals surface area (Å²) in [5, 5.41) is 10.00. The van der Waals surface area contributed by atoms with Gasteiger partial charge in [-0.3, -0.25) is 9.78 Å². The standard InChI is InChI=1S/C13H19N3O2/c1-10-8-15-11(9-14-10)12(17)16-6-3-4-13(2,18)5-7-16/h8-9,18H,3-7H2,1-2H3. The number of carbonyl (C=O) groups is 1. The molecule has 1 saturated heterocycles. The van der Waals surface area contributed by atoms with E-state index in [0.29, 0.717) is 25.2 Å². The maximum absolute atomic E-state index is 12.2. The molecule has 1 aliphatic rings. The number of aliphatic hydroxyl groups is 1. The molecule has 18 heavy (non-hydrogen) atoms. The Morgan fingerprint density at radius 3 is 2.78 bits per heavy atom. The van der Waals surface area contributed by atoms with Gasteiger partial charge in [-0.2, -0.15) is 0 Å². The van der Waals surface area contributed by atoms with Crippen molar-refractivity contribution in [3.05, 3.63) is 23.8 Å². The number of rotatable bonds is 1. The number of carbonyl (C=O) groups excluding carboxylic acids is 1. The Morgan fingerprint density at radius 1 is 1.33 bits per heavy atom. The molecule has 1 aromatic rings. The molecule has 2 heterocycles. The van der Waals surface area contributed by atoms with E-state index < -0.39 is 5.60 Å². The largest absolute Gasteiger partial charge is 0.390 e. The summed E-state index contributed by atoms with van der Waals surface area (Å²) in [5.41, 5.74) is 0.515. The van der Waals surface area contributed by atoms with Gasteiger partial charge in [-0.25, -0.2) is 4.98 Å². The van der Waals surface area contributed by atoms with E-state index in [2.05, 4.69) is 9.97 Å². The van der Waals surface area contributed by atoms with Gasteiger partial charge >= 0.3 is 0 Å². The minimum Gasteiger partial charge on any atom is -0.390 e. The fourth-order valence-electron chi connectivity index (χ4n) is 2.13. The van der Waals surface area contributed by atoms with Gasteiger partial charge in [0.15, 0.2) is 0 Å². The molecule has 1 unspecified atom stereocenters. The Hall–Kier alpha value is -1.49. The van der Waals surface area contributed by atoms with Crippen molar-refractivity contribution in [2.75, 3.05) is 13.1 Å². The molecule has 0 saturated carbocycles. The zero-order chi connectivity index (χ0) is 13.2. The molecule has 1 amide bonds. The summed E-state index contributed by atoms with van der Waals surface area (Å²) in [6.07, 6.45) is 5.27. The van der Waals surface area contributed by atoms with Gasteiger partial charge in [0, 0.05) is 19.3 Å². The molecule has 0 aliphatic carbocycles. The Bertz CT molecular complexity index is 428. The van der Waals surface area contributed by atoms with Gasteiger partial charge in [-0.05, 0) is 33.1 Å². The van der Waals surface area contributed by atoms with Crippen molar-refractivity contribution in [2.45, 2.75) is 38.7 Å². The average Bonchev–Trinajstić information content (AvgIpc) is 2.50. The lowest BCUT2D eigenvalue weighted by Crippen LogP contribution is -2.34. The minimum absolute atomic E-state index is 0.0970. The molecule has 1 atom stereocenters. The van der Waals surface area contributed by atoms with E-state index in [1.54, 1.807) is 11.1 Å². The van der Waals surface area contributed by atoms with Gasteiger partial charge in [-0.1, -0.05) is 0 Å². The van der Waals surface area contributed by atoms with E-state index in [-0.39, 0.29) is 5.91 Å². The van der Waals surface area contributed by atoms with Gasteiger partial charge in [-0.15, -0.1) is 0 Å². The fourth-order valence-corrected chi connectivity index (χ4v) is 2.13. The average molecular weight is 249 g/mol. The van der Waals surface area contributed by atoms with Crippen LogP contribution in [0.25, 0.3) is 0 Å². The van der Waals surface area contributed by atoms with Gasteiger partial charge < -0.3 is 10.0 Å². The van der Waals surface area contributed by atoms with Crippen LogP contribution in [0.5, 0.6) is 0 Å². The zero-order valence-electron chi connectivity index (χ0n) is 10.9. The van der Waals surface area contributed by atoms with Crippen molar-refractivity contribution < 1.29 is 9.90 Å². The van der Waals surface area contributed by atoms with E-state index in [1.165, 1.54) is 6.20 Å². The third kappa shape index (κ3) is 3.04. The third-order valence-electron chi connectivity index (χ3n) is 3.35. The number of amides is 1. The Balaban J connectivity index is 2.07. The molecule has 0 radical (unpaired) electrons. The highest BCUT2D eigenvalue weighted by atomic mass is 16.3. The van der Waals surface area contributed by atoms with Crippen molar-refractivity contribution >= 4 is 5.91 Å². The summed E-state index contributed by atoms with van der Waals surface area (Å²) in [6, 6.07) is 0. The van der Waals surface area contributed by atoms with Crippen molar-refractivity contribution in [1.29, 1.82) is 0 Å². The Kier molecular flexibility index (Phi) is 3.61. The van der Waals surface area contributed by atoms with Crippen LogP contribution < -0.4 is 0 Å². The van der Waals surface area contributed by atoms with Gasteiger partial charge in [0.2, 0.25) is 0 Å². The lowest BCUT2D eigenvalue weighted by Gasteiger charge is -2.22. The molecular weight excluding hydrogens is 230 g/mol. The first-order valence-electron chi connectivity index (χ1n) is 6.28. The topological polar surface area (TPSA) is 66.3 Å². The molecule has 98 valence electrons. The molecule has 0 bridgehead atoms. The number of aromatic nitrogens is 2. The molecule has 0 aromatic carbocycles. The lowest BCUT2D eigenvalue weighted by atomic mass is 9.98. The maximum atomic E-state index is 12.2. The van der Waals surface area contributed by atoms with Crippen molar-refractivity contribution in [3.63, 3.8) is 0 Å². The first-order valence-corrected chi connectivity index (χ1v) is 6.28. The van der Waals surface area contributed by atoms with Crippen molar-refractivity contribution in [2.24, 2.45) is 0 Å². The normalized spacial score (nSPS) is 24.7. The van der Waals surface area contributed by atoms with E-state index in [4.69, 9.17) is 0 Å². The number of nitrogens with zero attached hydrogens (tertiary/aromatic N) is 3. The second-order valence-corrected chi connectivity index (χ2v) is 5.19. The van der Waals surface area contributed by atoms with Crippen LogP contribution in [0.1, 0.15) is 42.4 Å². The number of hydrogen-bond acceptors (Lipinski definition) is 4. The summed E-state index contributed by atoms with van der Waals surface area (Å²) < 4.78 is 0. The van der Waals surface area contributed by atoms with Crippen LogP contribution in [0.2, 0.25) is 0 Å². The SMILES string of the molecule is Cc1cnc(C(=O)N2CCCC(C)(O)CC2)cn1. The second kappa shape index (κ2) is 5.02. The van der Waals surface area contributed by atoms with Crippen LogP contribution >= 0.6 is 0 Å². The molecule has 1 fully saturated rings. The van der Waals surface area contributed by atoms with Crippen molar-refractivity contribution in [1.82, 2.24) is 14.9 Å². The van der Waals surface area contributed by atoms with Crippen LogP contribution in [0.3, 0.4) is 0 Å². The van der Waals surface area contributed by atoms with Gasteiger partial charge in [0.05, 0.1) is 17.5 Å². The molecule has 0 spiro atoms.